The number of rotatable bonds is 2. The van der Waals surface area contributed by atoms with Crippen LogP contribution in [0.4, 0.5) is 22.0 Å². The second-order valence-corrected chi connectivity index (χ2v) is 4.49. The Morgan fingerprint density at radius 3 is 2.95 bits per heavy atom. The Labute approximate surface area is 114 Å². The highest BCUT2D eigenvalue weighted by atomic mass is 35.5. The molecule has 0 radical (unpaired) electrons. The smallest absolute Gasteiger partial charge is 0.236 e. The molecule has 1 aliphatic rings. The van der Waals surface area contributed by atoms with E-state index in [1.54, 1.807) is 13.1 Å². The van der Waals surface area contributed by atoms with Gasteiger partial charge in [0.2, 0.25) is 17.2 Å². The molecule has 0 bridgehead atoms. The maximum absolute atomic E-state index is 13.4. The Kier molecular flexibility index (Phi) is 2.94. The number of benzene rings is 1. The molecule has 0 fully saturated rings. The summed E-state index contributed by atoms with van der Waals surface area (Å²) >= 11 is 5.86. The Morgan fingerprint density at radius 2 is 2.16 bits per heavy atom. The summed E-state index contributed by atoms with van der Waals surface area (Å²) in [7, 11) is 1.70. The van der Waals surface area contributed by atoms with E-state index >= 15 is 0 Å². The molecule has 0 atom stereocenters. The summed E-state index contributed by atoms with van der Waals surface area (Å²) in [4.78, 5) is 14.1. The minimum atomic E-state index is -0.278. The van der Waals surface area contributed by atoms with E-state index in [9.17, 15) is 4.39 Å². The van der Waals surface area contributed by atoms with Crippen molar-refractivity contribution in [2.75, 3.05) is 23.8 Å². The van der Waals surface area contributed by atoms with Gasteiger partial charge in [-0.25, -0.2) is 4.39 Å². The van der Waals surface area contributed by atoms with Crippen LogP contribution >= 0.6 is 11.6 Å². The molecule has 2 heterocycles. The summed E-state index contributed by atoms with van der Waals surface area (Å²) in [5.74, 6) is 0.535. The van der Waals surface area contributed by atoms with Gasteiger partial charge in [0.05, 0.1) is 5.69 Å². The number of aromatic nitrogens is 3. The second kappa shape index (κ2) is 4.62. The van der Waals surface area contributed by atoms with Crippen molar-refractivity contribution in [2.45, 2.75) is 6.42 Å². The summed E-state index contributed by atoms with van der Waals surface area (Å²) in [6.07, 6.45) is 0.827. The summed E-state index contributed by atoms with van der Waals surface area (Å²) in [5.41, 5.74) is 1.85. The normalized spacial score (nSPS) is 13.5. The predicted molar refractivity (Wildman–Crippen MR) is 71.5 cm³/mol. The molecule has 3 rings (SSSR count). The SMILES string of the molecule is CNc1nc(Cl)nc(N2CCc3ccc(F)cc32)n1. The summed E-state index contributed by atoms with van der Waals surface area (Å²) in [5, 5.41) is 2.93. The molecule has 0 aliphatic carbocycles. The lowest BCUT2D eigenvalue weighted by atomic mass is 10.2. The molecule has 7 heteroatoms. The average molecular weight is 280 g/mol. The molecule has 19 heavy (non-hydrogen) atoms. The number of halogens is 2. The minimum absolute atomic E-state index is 0.110. The topological polar surface area (TPSA) is 53.9 Å². The molecule has 0 saturated heterocycles. The van der Waals surface area contributed by atoms with Crippen LogP contribution in [0.1, 0.15) is 5.56 Å². The van der Waals surface area contributed by atoms with Crippen LogP contribution in [0.2, 0.25) is 5.28 Å². The minimum Gasteiger partial charge on any atom is -0.357 e. The van der Waals surface area contributed by atoms with Crippen molar-refractivity contribution in [3.8, 4) is 0 Å². The molecule has 0 saturated carbocycles. The highest BCUT2D eigenvalue weighted by molar-refractivity contribution is 6.28. The van der Waals surface area contributed by atoms with Crippen LogP contribution in [0.3, 0.4) is 0 Å². The Hall–Kier alpha value is -1.95. The molecule has 0 amide bonds. The van der Waals surface area contributed by atoms with Gasteiger partial charge in [0, 0.05) is 13.6 Å². The van der Waals surface area contributed by atoms with Gasteiger partial charge in [0.15, 0.2) is 0 Å². The lowest BCUT2D eigenvalue weighted by Crippen LogP contribution is -2.17. The van der Waals surface area contributed by atoms with Crippen molar-refractivity contribution >= 4 is 29.2 Å². The maximum Gasteiger partial charge on any atom is 0.236 e. The number of hydrogen-bond acceptors (Lipinski definition) is 5. The van der Waals surface area contributed by atoms with Gasteiger partial charge in [-0.3, -0.25) is 0 Å². The molecule has 0 spiro atoms. The van der Waals surface area contributed by atoms with Gasteiger partial charge in [-0.15, -0.1) is 0 Å². The molecule has 1 aromatic carbocycles. The van der Waals surface area contributed by atoms with Crippen LogP contribution in [0.25, 0.3) is 0 Å². The quantitative estimate of drug-likeness (QED) is 0.915. The van der Waals surface area contributed by atoms with Gasteiger partial charge in [0.25, 0.3) is 0 Å². The monoisotopic (exact) mass is 279 g/mol. The number of anilines is 3. The largest absolute Gasteiger partial charge is 0.357 e. The molecular weight excluding hydrogens is 269 g/mol. The third-order valence-corrected chi connectivity index (χ3v) is 3.17. The summed E-state index contributed by atoms with van der Waals surface area (Å²) < 4.78 is 13.4. The van der Waals surface area contributed by atoms with Gasteiger partial charge >= 0.3 is 0 Å². The van der Waals surface area contributed by atoms with Crippen molar-refractivity contribution in [3.05, 3.63) is 34.9 Å². The van der Waals surface area contributed by atoms with E-state index in [0.717, 1.165) is 17.7 Å². The Balaban J connectivity index is 2.06. The highest BCUT2D eigenvalue weighted by Crippen LogP contribution is 2.33. The lowest BCUT2D eigenvalue weighted by molar-refractivity contribution is 0.628. The molecule has 1 aliphatic heterocycles. The van der Waals surface area contributed by atoms with Crippen molar-refractivity contribution in [3.63, 3.8) is 0 Å². The number of hydrogen-bond donors (Lipinski definition) is 1. The fraction of sp³-hybridized carbons (Fsp3) is 0.250. The van der Waals surface area contributed by atoms with Crippen LogP contribution in [0.15, 0.2) is 18.2 Å². The number of nitrogens with one attached hydrogen (secondary N) is 1. The first kappa shape index (κ1) is 12.1. The fourth-order valence-corrected chi connectivity index (χ4v) is 2.29. The lowest BCUT2D eigenvalue weighted by Gasteiger charge is -2.17. The zero-order valence-electron chi connectivity index (χ0n) is 10.2. The zero-order chi connectivity index (χ0) is 13.4. The second-order valence-electron chi connectivity index (χ2n) is 4.15. The first-order chi connectivity index (χ1) is 9.17. The number of nitrogens with zero attached hydrogens (tertiary/aromatic N) is 4. The van der Waals surface area contributed by atoms with Crippen LogP contribution in [0, 0.1) is 5.82 Å². The van der Waals surface area contributed by atoms with E-state index in [0.29, 0.717) is 18.4 Å². The van der Waals surface area contributed by atoms with Gasteiger partial charge in [-0.05, 0) is 35.7 Å². The van der Waals surface area contributed by atoms with Crippen LogP contribution in [0.5, 0.6) is 0 Å². The zero-order valence-corrected chi connectivity index (χ0v) is 10.9. The molecule has 0 unspecified atom stereocenters. The Morgan fingerprint density at radius 1 is 1.32 bits per heavy atom. The van der Waals surface area contributed by atoms with Gasteiger partial charge < -0.3 is 10.2 Å². The maximum atomic E-state index is 13.4. The van der Waals surface area contributed by atoms with E-state index < -0.39 is 0 Å². The molecule has 98 valence electrons. The van der Waals surface area contributed by atoms with E-state index in [1.807, 2.05) is 4.90 Å². The van der Waals surface area contributed by atoms with Crippen molar-refractivity contribution in [1.29, 1.82) is 0 Å². The van der Waals surface area contributed by atoms with Crippen LogP contribution < -0.4 is 10.2 Å². The predicted octanol–water partition coefficient (Wildman–Crippen LogP) is 2.40. The van der Waals surface area contributed by atoms with E-state index in [-0.39, 0.29) is 11.1 Å². The van der Waals surface area contributed by atoms with Gasteiger partial charge in [-0.2, -0.15) is 15.0 Å². The first-order valence-corrected chi connectivity index (χ1v) is 6.20. The molecule has 1 N–H and O–H groups in total. The fourth-order valence-electron chi connectivity index (χ4n) is 2.13. The molecular formula is C12H11ClFN5. The highest BCUT2D eigenvalue weighted by Gasteiger charge is 2.23. The van der Waals surface area contributed by atoms with Crippen molar-refractivity contribution in [2.24, 2.45) is 0 Å². The van der Waals surface area contributed by atoms with Gasteiger partial charge in [-0.1, -0.05) is 6.07 Å². The number of fused-ring (bicyclic) bond motifs is 1. The molecule has 2 aromatic rings. The van der Waals surface area contributed by atoms with E-state index in [1.165, 1.54) is 12.1 Å². The van der Waals surface area contributed by atoms with Gasteiger partial charge in [0.1, 0.15) is 5.82 Å². The van der Waals surface area contributed by atoms with Crippen molar-refractivity contribution in [1.82, 2.24) is 15.0 Å². The summed E-state index contributed by atoms with van der Waals surface area (Å²) in [6.45, 7) is 0.697. The average Bonchev–Trinajstić information content (AvgIpc) is 2.80. The third-order valence-electron chi connectivity index (χ3n) is 3.00. The standard InChI is InChI=1S/C12H11ClFN5/c1-15-11-16-10(13)17-12(18-11)19-5-4-7-2-3-8(14)6-9(7)19/h2-3,6H,4-5H2,1H3,(H,15,16,17,18). The first-order valence-electron chi connectivity index (χ1n) is 5.82. The van der Waals surface area contributed by atoms with E-state index in [2.05, 4.69) is 20.3 Å². The summed E-state index contributed by atoms with van der Waals surface area (Å²) in [6, 6.07) is 4.73. The third kappa shape index (κ3) is 2.19. The Bertz CT molecular complexity index is 634. The van der Waals surface area contributed by atoms with Crippen molar-refractivity contribution < 1.29 is 4.39 Å². The molecule has 1 aromatic heterocycles. The molecule has 5 nitrogen and oxygen atoms in total. The van der Waals surface area contributed by atoms with Crippen LogP contribution in [-0.2, 0) is 6.42 Å². The van der Waals surface area contributed by atoms with Crippen LogP contribution in [-0.4, -0.2) is 28.5 Å². The van der Waals surface area contributed by atoms with E-state index in [4.69, 9.17) is 11.6 Å².